The number of thiazole rings is 1. The first-order valence-corrected chi connectivity index (χ1v) is 7.74. The summed E-state index contributed by atoms with van der Waals surface area (Å²) in [5, 5.41) is 5.77. The minimum absolute atomic E-state index is 0.0167. The molecule has 0 saturated heterocycles. The molecule has 0 radical (unpaired) electrons. The lowest BCUT2D eigenvalue weighted by Crippen LogP contribution is -2.39. The van der Waals surface area contributed by atoms with Crippen LogP contribution in [0.2, 0.25) is 0 Å². The number of imide groups is 1. The van der Waals surface area contributed by atoms with E-state index in [4.69, 9.17) is 0 Å². The van der Waals surface area contributed by atoms with Crippen molar-refractivity contribution in [2.75, 3.05) is 5.32 Å². The largest absolute Gasteiger partial charge is 0.325 e. The molecular formula is C13H12FN3O2S2. The van der Waals surface area contributed by atoms with Crippen molar-refractivity contribution in [3.05, 3.63) is 41.7 Å². The number of urea groups is 1. The third-order valence-electron chi connectivity index (χ3n) is 2.42. The van der Waals surface area contributed by atoms with Crippen LogP contribution < -0.4 is 10.6 Å². The number of aromatic nitrogens is 1. The second-order valence-electron chi connectivity index (χ2n) is 3.98. The van der Waals surface area contributed by atoms with Crippen molar-refractivity contribution >= 4 is 40.7 Å². The number of hydrogen-bond acceptors (Lipinski definition) is 5. The Morgan fingerprint density at radius 1 is 1.38 bits per heavy atom. The van der Waals surface area contributed by atoms with Gasteiger partial charge in [-0.3, -0.25) is 10.1 Å². The average Bonchev–Trinajstić information content (AvgIpc) is 2.94. The van der Waals surface area contributed by atoms with Gasteiger partial charge in [-0.2, -0.15) is 0 Å². The number of para-hydroxylation sites is 1. The van der Waals surface area contributed by atoms with Crippen LogP contribution in [0.5, 0.6) is 0 Å². The molecule has 3 amide bonds. The molecule has 1 heterocycles. The number of hydrogen-bond donors (Lipinski definition) is 2. The minimum atomic E-state index is -0.767. The van der Waals surface area contributed by atoms with E-state index in [9.17, 15) is 14.0 Å². The third kappa shape index (κ3) is 4.54. The molecule has 0 aliphatic heterocycles. The Bertz CT molecular complexity index is 634. The Morgan fingerprint density at radius 3 is 2.81 bits per heavy atom. The summed E-state index contributed by atoms with van der Waals surface area (Å²) in [6, 6.07) is 4.96. The average molecular weight is 325 g/mol. The van der Waals surface area contributed by atoms with E-state index in [1.165, 1.54) is 41.3 Å². The quantitative estimate of drug-likeness (QED) is 0.847. The zero-order valence-corrected chi connectivity index (χ0v) is 12.6. The molecular weight excluding hydrogens is 313 g/mol. The van der Waals surface area contributed by atoms with E-state index >= 15 is 0 Å². The maximum absolute atomic E-state index is 13.4. The van der Waals surface area contributed by atoms with E-state index in [1.54, 1.807) is 24.6 Å². The number of thioether (sulfide) groups is 1. The Balaban J connectivity index is 1.87. The smallest absolute Gasteiger partial charge is 0.305 e. The van der Waals surface area contributed by atoms with Gasteiger partial charge in [0, 0.05) is 11.6 Å². The molecule has 5 nitrogen and oxygen atoms in total. The van der Waals surface area contributed by atoms with E-state index in [2.05, 4.69) is 15.6 Å². The third-order valence-corrected chi connectivity index (χ3v) is 4.43. The topological polar surface area (TPSA) is 71.1 Å². The van der Waals surface area contributed by atoms with Crippen molar-refractivity contribution in [3.8, 4) is 0 Å². The summed E-state index contributed by atoms with van der Waals surface area (Å²) in [5.74, 6) is -1.03. The Kier molecular flexibility index (Phi) is 5.29. The van der Waals surface area contributed by atoms with Crippen molar-refractivity contribution in [2.24, 2.45) is 0 Å². The Hall–Kier alpha value is -1.93. The molecule has 0 aliphatic rings. The molecule has 1 atom stereocenters. The molecule has 110 valence electrons. The van der Waals surface area contributed by atoms with Crippen molar-refractivity contribution < 1.29 is 14.0 Å². The number of nitrogens with one attached hydrogen (secondary N) is 2. The van der Waals surface area contributed by atoms with Gasteiger partial charge in [0.2, 0.25) is 5.91 Å². The highest BCUT2D eigenvalue weighted by Gasteiger charge is 2.18. The second kappa shape index (κ2) is 7.19. The number of nitrogens with zero attached hydrogens (tertiary/aromatic N) is 1. The van der Waals surface area contributed by atoms with E-state index in [0.717, 1.165) is 4.34 Å². The van der Waals surface area contributed by atoms with Gasteiger partial charge < -0.3 is 5.32 Å². The lowest BCUT2D eigenvalue weighted by molar-refractivity contribution is -0.119. The molecule has 1 aromatic heterocycles. The Labute approximate surface area is 129 Å². The number of amides is 3. The number of rotatable bonds is 4. The molecule has 0 saturated carbocycles. The number of halogens is 1. The van der Waals surface area contributed by atoms with Gasteiger partial charge in [0.25, 0.3) is 0 Å². The van der Waals surface area contributed by atoms with Gasteiger partial charge in [0.05, 0.1) is 10.9 Å². The summed E-state index contributed by atoms with van der Waals surface area (Å²) in [6.45, 7) is 1.66. The summed E-state index contributed by atoms with van der Waals surface area (Å²) >= 11 is 2.66. The van der Waals surface area contributed by atoms with Crippen molar-refractivity contribution in [1.29, 1.82) is 0 Å². The first-order valence-electron chi connectivity index (χ1n) is 5.99. The summed E-state index contributed by atoms with van der Waals surface area (Å²) < 4.78 is 14.1. The first kappa shape index (κ1) is 15.5. The van der Waals surface area contributed by atoms with Crippen LogP contribution in [0, 0.1) is 5.82 Å². The Morgan fingerprint density at radius 2 is 2.14 bits per heavy atom. The van der Waals surface area contributed by atoms with Crippen LogP contribution >= 0.6 is 23.1 Å². The summed E-state index contributed by atoms with van der Waals surface area (Å²) in [7, 11) is 0. The monoisotopic (exact) mass is 325 g/mol. The number of carbonyl (C=O) groups excluding carboxylic acids is 2. The van der Waals surface area contributed by atoms with Gasteiger partial charge in [-0.1, -0.05) is 23.9 Å². The summed E-state index contributed by atoms with van der Waals surface area (Å²) in [6.07, 6.45) is 1.64. The fourth-order valence-corrected chi connectivity index (χ4v) is 3.17. The normalized spacial score (nSPS) is 11.7. The standard InChI is InChI=1S/C13H12FN3O2S2/c1-8(21-13-15-6-7-20-13)11(18)17-12(19)16-10-5-3-2-4-9(10)14/h2-8H,1H3,(H2,16,17,18,19)/t8-/m1/s1. The SMILES string of the molecule is C[C@@H](Sc1nccs1)C(=O)NC(=O)Nc1ccccc1F. The van der Waals surface area contributed by atoms with Gasteiger partial charge in [0.1, 0.15) is 5.82 Å². The lowest BCUT2D eigenvalue weighted by Gasteiger charge is -2.10. The van der Waals surface area contributed by atoms with Gasteiger partial charge in [-0.25, -0.2) is 14.2 Å². The number of benzene rings is 1. The van der Waals surface area contributed by atoms with Gasteiger partial charge in [-0.15, -0.1) is 11.3 Å². The molecule has 8 heteroatoms. The van der Waals surface area contributed by atoms with Crippen molar-refractivity contribution in [1.82, 2.24) is 10.3 Å². The highest BCUT2D eigenvalue weighted by atomic mass is 32.2. The van der Waals surface area contributed by atoms with Crippen LogP contribution in [0.1, 0.15) is 6.92 Å². The molecule has 21 heavy (non-hydrogen) atoms. The van der Waals surface area contributed by atoms with Crippen LogP contribution in [0.15, 0.2) is 40.2 Å². The molecule has 0 fully saturated rings. The van der Waals surface area contributed by atoms with Gasteiger partial charge in [-0.05, 0) is 19.1 Å². The van der Waals surface area contributed by atoms with Crippen LogP contribution in [-0.4, -0.2) is 22.2 Å². The fraction of sp³-hybridized carbons (Fsp3) is 0.154. The highest BCUT2D eigenvalue weighted by Crippen LogP contribution is 2.24. The maximum atomic E-state index is 13.4. The van der Waals surface area contributed by atoms with Crippen LogP contribution in [0.4, 0.5) is 14.9 Å². The molecule has 0 bridgehead atoms. The molecule has 0 unspecified atom stereocenters. The highest BCUT2D eigenvalue weighted by molar-refractivity contribution is 8.02. The summed E-state index contributed by atoms with van der Waals surface area (Å²) in [4.78, 5) is 27.5. The summed E-state index contributed by atoms with van der Waals surface area (Å²) in [5.41, 5.74) is 0.0167. The predicted octanol–water partition coefficient (Wildman–Crippen LogP) is 3.11. The van der Waals surface area contributed by atoms with E-state index in [1.807, 2.05) is 0 Å². The number of carbonyl (C=O) groups is 2. The predicted molar refractivity (Wildman–Crippen MR) is 81.0 cm³/mol. The van der Waals surface area contributed by atoms with Crippen LogP contribution in [0.25, 0.3) is 0 Å². The van der Waals surface area contributed by atoms with E-state index in [-0.39, 0.29) is 5.69 Å². The molecule has 2 aromatic rings. The molecule has 0 spiro atoms. The number of anilines is 1. The second-order valence-corrected chi connectivity index (χ2v) is 6.46. The lowest BCUT2D eigenvalue weighted by atomic mass is 10.3. The van der Waals surface area contributed by atoms with E-state index in [0.29, 0.717) is 0 Å². The maximum Gasteiger partial charge on any atom is 0.325 e. The van der Waals surface area contributed by atoms with E-state index < -0.39 is 23.0 Å². The van der Waals surface area contributed by atoms with Crippen molar-refractivity contribution in [2.45, 2.75) is 16.5 Å². The van der Waals surface area contributed by atoms with Gasteiger partial charge in [0.15, 0.2) is 4.34 Å². The molecule has 2 N–H and O–H groups in total. The molecule has 1 aromatic carbocycles. The zero-order chi connectivity index (χ0) is 15.2. The van der Waals surface area contributed by atoms with Crippen LogP contribution in [-0.2, 0) is 4.79 Å². The first-order chi connectivity index (χ1) is 10.1. The van der Waals surface area contributed by atoms with Crippen molar-refractivity contribution in [3.63, 3.8) is 0 Å². The molecule has 0 aliphatic carbocycles. The van der Waals surface area contributed by atoms with Crippen LogP contribution in [0.3, 0.4) is 0 Å². The zero-order valence-electron chi connectivity index (χ0n) is 11.0. The fourth-order valence-electron chi connectivity index (χ4n) is 1.40. The molecule has 2 rings (SSSR count). The minimum Gasteiger partial charge on any atom is -0.305 e. The van der Waals surface area contributed by atoms with Gasteiger partial charge >= 0.3 is 6.03 Å².